The maximum atomic E-state index is 13.3. The molecule has 1 saturated carbocycles. The van der Waals surface area contributed by atoms with Crippen LogP contribution in [0.15, 0.2) is 34.5 Å². The Balaban J connectivity index is 1.89. The van der Waals surface area contributed by atoms with Crippen molar-refractivity contribution >= 4 is 23.9 Å². The lowest BCUT2D eigenvalue weighted by Crippen LogP contribution is -2.11. The molecule has 0 bridgehead atoms. The van der Waals surface area contributed by atoms with Gasteiger partial charge in [0.1, 0.15) is 5.82 Å². The van der Waals surface area contributed by atoms with Crippen LogP contribution in [0.25, 0.3) is 0 Å². The summed E-state index contributed by atoms with van der Waals surface area (Å²) < 4.78 is 14.9. The molecule has 1 N–H and O–H groups in total. The van der Waals surface area contributed by atoms with Crippen LogP contribution in [0.1, 0.15) is 49.4 Å². The van der Waals surface area contributed by atoms with Crippen LogP contribution in [0.2, 0.25) is 0 Å². The van der Waals surface area contributed by atoms with E-state index >= 15 is 0 Å². The summed E-state index contributed by atoms with van der Waals surface area (Å²) in [6, 6.07) is 6.13. The molecule has 0 saturated heterocycles. The quantitative estimate of drug-likeness (QED) is 0.628. The number of hydrogen-bond donors (Lipinski definition) is 1. The largest absolute Gasteiger partial charge is 0.481 e. The number of nitrogens with zero attached hydrogens (tertiary/aromatic N) is 4. The average molecular weight is 362 g/mol. The molecule has 0 spiro atoms. The summed E-state index contributed by atoms with van der Waals surface area (Å²) in [6.07, 6.45) is 7.10. The first kappa shape index (κ1) is 17.6. The van der Waals surface area contributed by atoms with Crippen molar-refractivity contribution < 1.29 is 14.3 Å². The van der Waals surface area contributed by atoms with Gasteiger partial charge in [-0.1, -0.05) is 43.2 Å². The number of aromatic nitrogens is 3. The fraction of sp³-hybridized carbons (Fsp3) is 0.412. The molecule has 132 valence electrons. The summed E-state index contributed by atoms with van der Waals surface area (Å²) >= 11 is 1.08. The summed E-state index contributed by atoms with van der Waals surface area (Å²) in [5.74, 6) is -0.350. The van der Waals surface area contributed by atoms with Gasteiger partial charge in [0.15, 0.2) is 5.82 Å². The van der Waals surface area contributed by atoms with E-state index in [1.54, 1.807) is 23.0 Å². The third-order valence-electron chi connectivity index (χ3n) is 4.10. The van der Waals surface area contributed by atoms with E-state index in [-0.39, 0.29) is 17.5 Å². The minimum Gasteiger partial charge on any atom is -0.481 e. The molecule has 1 fully saturated rings. The van der Waals surface area contributed by atoms with Gasteiger partial charge in [0.25, 0.3) is 0 Å². The molecule has 1 aliphatic carbocycles. The summed E-state index contributed by atoms with van der Waals surface area (Å²) in [4.78, 5) is 10.9. The number of benzene rings is 1. The van der Waals surface area contributed by atoms with Gasteiger partial charge in [-0.3, -0.25) is 4.79 Å². The van der Waals surface area contributed by atoms with Crippen molar-refractivity contribution in [1.82, 2.24) is 14.9 Å². The Labute approximate surface area is 149 Å². The van der Waals surface area contributed by atoms with Gasteiger partial charge in [0.2, 0.25) is 5.16 Å². The molecular formula is C17H19FN4O2S. The van der Waals surface area contributed by atoms with E-state index in [2.05, 4.69) is 15.3 Å². The van der Waals surface area contributed by atoms with Crippen LogP contribution in [-0.2, 0) is 4.79 Å². The van der Waals surface area contributed by atoms with Gasteiger partial charge in [-0.15, -0.1) is 10.2 Å². The second-order valence-corrected chi connectivity index (χ2v) is 6.91. The lowest BCUT2D eigenvalue weighted by molar-refractivity contribution is -0.133. The molecular weight excluding hydrogens is 343 g/mol. The maximum Gasteiger partial charge on any atom is 0.313 e. The molecule has 1 aromatic heterocycles. The molecule has 1 heterocycles. The van der Waals surface area contributed by atoms with Crippen LogP contribution >= 0.6 is 11.8 Å². The predicted molar refractivity (Wildman–Crippen MR) is 93.6 cm³/mol. The van der Waals surface area contributed by atoms with E-state index in [9.17, 15) is 9.18 Å². The van der Waals surface area contributed by atoms with E-state index in [1.807, 2.05) is 0 Å². The summed E-state index contributed by atoms with van der Waals surface area (Å²) in [7, 11) is 0. The minimum absolute atomic E-state index is 0.113. The Morgan fingerprint density at radius 2 is 2.16 bits per heavy atom. The third-order valence-corrected chi connectivity index (χ3v) is 5.01. The van der Waals surface area contributed by atoms with Gasteiger partial charge < -0.3 is 5.11 Å². The predicted octanol–water partition coefficient (Wildman–Crippen LogP) is 3.52. The highest BCUT2D eigenvalue weighted by Crippen LogP contribution is 2.33. The second-order valence-electron chi connectivity index (χ2n) is 5.97. The molecule has 0 radical (unpaired) electrons. The lowest BCUT2D eigenvalue weighted by Gasteiger charge is -2.20. The molecule has 0 amide bonds. The van der Waals surface area contributed by atoms with Crippen LogP contribution in [0.5, 0.6) is 0 Å². The molecule has 6 nitrogen and oxygen atoms in total. The zero-order valence-electron chi connectivity index (χ0n) is 13.6. The van der Waals surface area contributed by atoms with Crippen molar-refractivity contribution in [2.45, 2.75) is 43.2 Å². The lowest BCUT2D eigenvalue weighted by atomic mass is 9.89. The second kappa shape index (κ2) is 8.24. The standard InChI is InChI=1S/C17H19FN4O2S/c18-14-8-4-5-12(9-14)10-19-22-16(13-6-2-1-3-7-13)20-21-17(22)25-11-15(23)24/h4-5,8-10,13H,1-3,6-7,11H2,(H,23,24)/b19-10-. The fourth-order valence-corrected chi connectivity index (χ4v) is 3.54. The van der Waals surface area contributed by atoms with Crippen molar-refractivity contribution in [3.05, 3.63) is 41.5 Å². The van der Waals surface area contributed by atoms with E-state index in [0.29, 0.717) is 10.7 Å². The number of aliphatic carboxylic acids is 1. The highest BCUT2D eigenvalue weighted by Gasteiger charge is 2.23. The number of hydrogen-bond acceptors (Lipinski definition) is 5. The van der Waals surface area contributed by atoms with Gasteiger partial charge in [-0.05, 0) is 30.5 Å². The molecule has 25 heavy (non-hydrogen) atoms. The SMILES string of the molecule is O=C(O)CSc1nnc(C2CCCCC2)n1/N=C\c1cccc(F)c1. The van der Waals surface area contributed by atoms with Gasteiger partial charge in [0.05, 0.1) is 12.0 Å². The molecule has 0 unspecified atom stereocenters. The van der Waals surface area contributed by atoms with Gasteiger partial charge >= 0.3 is 5.97 Å². The van der Waals surface area contributed by atoms with Crippen LogP contribution in [-0.4, -0.2) is 37.9 Å². The van der Waals surface area contributed by atoms with Gasteiger partial charge in [0, 0.05) is 5.92 Å². The van der Waals surface area contributed by atoms with Gasteiger partial charge in [-0.25, -0.2) is 4.39 Å². The number of rotatable bonds is 6. The van der Waals surface area contributed by atoms with Crippen LogP contribution in [0.3, 0.4) is 0 Å². The Morgan fingerprint density at radius 3 is 2.88 bits per heavy atom. The van der Waals surface area contributed by atoms with Crippen LogP contribution < -0.4 is 0 Å². The molecule has 1 aliphatic rings. The number of carbonyl (C=O) groups is 1. The Morgan fingerprint density at radius 1 is 1.36 bits per heavy atom. The topological polar surface area (TPSA) is 80.4 Å². The van der Waals surface area contributed by atoms with Crippen molar-refractivity contribution in [2.24, 2.45) is 5.10 Å². The smallest absolute Gasteiger partial charge is 0.313 e. The van der Waals surface area contributed by atoms with Crippen molar-refractivity contribution in [3.63, 3.8) is 0 Å². The highest BCUT2D eigenvalue weighted by atomic mass is 32.2. The average Bonchev–Trinajstić information content (AvgIpc) is 3.02. The fourth-order valence-electron chi connectivity index (χ4n) is 2.93. The number of carboxylic acid groups (broad SMARTS) is 1. The minimum atomic E-state index is -0.923. The van der Waals surface area contributed by atoms with E-state index in [0.717, 1.165) is 43.3 Å². The van der Waals surface area contributed by atoms with E-state index < -0.39 is 5.97 Å². The monoisotopic (exact) mass is 362 g/mol. The Bertz CT molecular complexity index is 772. The first-order chi connectivity index (χ1) is 12.1. The third kappa shape index (κ3) is 4.66. The zero-order chi connectivity index (χ0) is 17.6. The van der Waals surface area contributed by atoms with Crippen molar-refractivity contribution in [2.75, 3.05) is 5.75 Å². The molecule has 1 aromatic carbocycles. The number of carboxylic acids is 1. The number of halogens is 1. The van der Waals surface area contributed by atoms with Gasteiger partial charge in [-0.2, -0.15) is 9.78 Å². The molecule has 3 rings (SSSR count). The van der Waals surface area contributed by atoms with E-state index in [4.69, 9.17) is 5.11 Å². The molecule has 0 atom stereocenters. The summed E-state index contributed by atoms with van der Waals surface area (Å²) in [6.45, 7) is 0. The Hall–Kier alpha value is -2.22. The molecule has 0 aliphatic heterocycles. The molecule has 8 heteroatoms. The molecule has 2 aromatic rings. The first-order valence-electron chi connectivity index (χ1n) is 8.23. The van der Waals surface area contributed by atoms with E-state index in [1.165, 1.54) is 18.6 Å². The highest BCUT2D eigenvalue weighted by molar-refractivity contribution is 7.99. The zero-order valence-corrected chi connectivity index (χ0v) is 14.5. The summed E-state index contributed by atoms with van der Waals surface area (Å²) in [5, 5.41) is 22.1. The first-order valence-corrected chi connectivity index (χ1v) is 9.22. The maximum absolute atomic E-state index is 13.3. The summed E-state index contributed by atoms with van der Waals surface area (Å²) in [5.41, 5.74) is 0.623. The van der Waals surface area contributed by atoms with Crippen molar-refractivity contribution in [1.29, 1.82) is 0 Å². The number of thioether (sulfide) groups is 1. The Kier molecular flexibility index (Phi) is 5.80. The van der Waals surface area contributed by atoms with Crippen LogP contribution in [0.4, 0.5) is 4.39 Å². The normalized spacial score (nSPS) is 15.7. The van der Waals surface area contributed by atoms with Crippen molar-refractivity contribution in [3.8, 4) is 0 Å². The van der Waals surface area contributed by atoms with Crippen LogP contribution in [0, 0.1) is 5.82 Å².